The van der Waals surface area contributed by atoms with Gasteiger partial charge in [-0.05, 0) is 31.1 Å². The largest absolute Gasteiger partial charge is 0.481 e. The molecule has 1 saturated carbocycles. The molecule has 1 aliphatic rings. The maximum absolute atomic E-state index is 11.7. The Morgan fingerprint density at radius 3 is 2.58 bits per heavy atom. The number of nitrogens with zero attached hydrogens (tertiary/aromatic N) is 1. The van der Waals surface area contributed by atoms with Gasteiger partial charge in [-0.1, -0.05) is 26.7 Å². The monoisotopic (exact) mass is 336 g/mol. The number of hydrogen-bond donors (Lipinski definition) is 2. The van der Waals surface area contributed by atoms with Gasteiger partial charge in [0.25, 0.3) is 0 Å². The van der Waals surface area contributed by atoms with E-state index in [9.17, 15) is 14.7 Å². The van der Waals surface area contributed by atoms with Crippen molar-refractivity contribution in [1.29, 1.82) is 0 Å². The number of hydrogen-bond acceptors (Lipinski definition) is 4. The van der Waals surface area contributed by atoms with Gasteiger partial charge in [-0.15, -0.1) is 0 Å². The second-order valence-corrected chi connectivity index (χ2v) is 6.91. The second-order valence-electron chi connectivity index (χ2n) is 6.91. The van der Waals surface area contributed by atoms with Crippen LogP contribution >= 0.6 is 0 Å². The van der Waals surface area contributed by atoms with Crippen molar-refractivity contribution < 1.29 is 19.1 Å². The summed E-state index contributed by atoms with van der Waals surface area (Å²) in [6.45, 7) is 5.83. The molecule has 6 heteroatoms. The minimum atomic E-state index is -0.772. The normalized spacial score (nSPS) is 24.9. The molecule has 0 bridgehead atoms. The van der Waals surface area contributed by atoms with Gasteiger partial charge in [0.1, 0.15) is 5.76 Å². The van der Waals surface area contributed by atoms with Crippen LogP contribution in [-0.2, 0) is 9.59 Å². The number of nitrogens with one attached hydrogen (secondary N) is 1. The lowest BCUT2D eigenvalue weighted by atomic mass is 9.81. The molecule has 1 aromatic heterocycles. The molecule has 0 spiro atoms. The molecule has 134 valence electrons. The first-order chi connectivity index (χ1) is 11.5. The van der Waals surface area contributed by atoms with Crippen molar-refractivity contribution >= 4 is 11.9 Å². The molecule has 1 amide bonds. The van der Waals surface area contributed by atoms with Crippen molar-refractivity contribution in [3.63, 3.8) is 0 Å². The standard InChI is InChI=1S/C18H28N2O4/c1-4-12(5-2)6-16(20-11(3)21)14-7-13(18(22)23)8-15(14)17-9-19-10-24-17/h9-10,12-16H,4-8H2,1-3H3,(H,20,21)(H,22,23)/t13?,14-,15?,16+/m1/s1. The Morgan fingerprint density at radius 1 is 1.38 bits per heavy atom. The molecule has 1 aromatic rings. The third-order valence-electron chi connectivity index (χ3n) is 5.43. The van der Waals surface area contributed by atoms with E-state index >= 15 is 0 Å². The zero-order valence-corrected chi connectivity index (χ0v) is 14.7. The average Bonchev–Trinajstić information content (AvgIpc) is 3.19. The number of carbonyl (C=O) groups excluding carboxylic acids is 1. The summed E-state index contributed by atoms with van der Waals surface area (Å²) in [4.78, 5) is 27.2. The Bertz CT molecular complexity index is 539. The van der Waals surface area contributed by atoms with Crippen molar-refractivity contribution in [2.75, 3.05) is 0 Å². The fourth-order valence-electron chi connectivity index (χ4n) is 4.04. The van der Waals surface area contributed by atoms with Crippen molar-refractivity contribution in [2.24, 2.45) is 17.8 Å². The van der Waals surface area contributed by atoms with Gasteiger partial charge in [0.15, 0.2) is 6.39 Å². The van der Waals surface area contributed by atoms with E-state index in [4.69, 9.17) is 4.42 Å². The first kappa shape index (κ1) is 18.5. The molecule has 6 nitrogen and oxygen atoms in total. The molecule has 24 heavy (non-hydrogen) atoms. The molecular weight excluding hydrogens is 308 g/mol. The maximum Gasteiger partial charge on any atom is 0.306 e. The van der Waals surface area contributed by atoms with Crippen LogP contribution in [0.4, 0.5) is 0 Å². The fraction of sp³-hybridized carbons (Fsp3) is 0.722. The third kappa shape index (κ3) is 4.36. The molecule has 4 atom stereocenters. The SMILES string of the molecule is CCC(CC)C[C@H](NC(C)=O)[C@@H]1CC(C(=O)O)CC1c1cnco1. The number of carboxylic acid groups (broad SMARTS) is 1. The maximum atomic E-state index is 11.7. The van der Waals surface area contributed by atoms with Gasteiger partial charge in [-0.25, -0.2) is 4.98 Å². The molecule has 0 aliphatic heterocycles. The summed E-state index contributed by atoms with van der Waals surface area (Å²) < 4.78 is 5.47. The van der Waals surface area contributed by atoms with Crippen LogP contribution in [0.2, 0.25) is 0 Å². The molecule has 0 aromatic carbocycles. The van der Waals surface area contributed by atoms with E-state index in [2.05, 4.69) is 24.1 Å². The summed E-state index contributed by atoms with van der Waals surface area (Å²) in [6, 6.07) is -0.0353. The van der Waals surface area contributed by atoms with E-state index in [0.717, 1.165) is 25.0 Å². The highest BCUT2D eigenvalue weighted by Crippen LogP contribution is 2.46. The van der Waals surface area contributed by atoms with Gasteiger partial charge in [0, 0.05) is 18.9 Å². The molecular formula is C18H28N2O4. The fourth-order valence-corrected chi connectivity index (χ4v) is 4.04. The van der Waals surface area contributed by atoms with Gasteiger partial charge in [0.05, 0.1) is 12.1 Å². The van der Waals surface area contributed by atoms with Crippen molar-refractivity contribution in [1.82, 2.24) is 10.3 Å². The minimum Gasteiger partial charge on any atom is -0.481 e. The number of oxazole rings is 1. The summed E-state index contributed by atoms with van der Waals surface area (Å²) in [5.74, 6) is 0.0448. The van der Waals surface area contributed by atoms with Crippen LogP contribution in [0, 0.1) is 17.8 Å². The molecule has 1 aliphatic carbocycles. The van der Waals surface area contributed by atoms with Crippen molar-refractivity contribution in [3.05, 3.63) is 18.4 Å². The molecule has 2 unspecified atom stereocenters. The van der Waals surface area contributed by atoms with Crippen LogP contribution in [0.25, 0.3) is 0 Å². The van der Waals surface area contributed by atoms with Crippen molar-refractivity contribution in [3.8, 4) is 0 Å². The summed E-state index contributed by atoms with van der Waals surface area (Å²) in [5, 5.41) is 12.5. The predicted octanol–water partition coefficient (Wildman–Crippen LogP) is 3.20. The van der Waals surface area contributed by atoms with Gasteiger partial charge < -0.3 is 14.8 Å². The van der Waals surface area contributed by atoms with E-state index in [1.54, 1.807) is 6.20 Å². The highest BCUT2D eigenvalue weighted by molar-refractivity contribution is 5.73. The number of carboxylic acids is 1. The topological polar surface area (TPSA) is 92.4 Å². The zero-order chi connectivity index (χ0) is 17.7. The highest BCUT2D eigenvalue weighted by Gasteiger charge is 2.44. The number of carbonyl (C=O) groups is 2. The van der Waals surface area contributed by atoms with Crippen LogP contribution in [0.1, 0.15) is 64.6 Å². The average molecular weight is 336 g/mol. The first-order valence-corrected chi connectivity index (χ1v) is 8.84. The lowest BCUT2D eigenvalue weighted by Gasteiger charge is -2.31. The van der Waals surface area contributed by atoms with E-state index in [1.807, 2.05) is 0 Å². The zero-order valence-electron chi connectivity index (χ0n) is 14.7. The third-order valence-corrected chi connectivity index (χ3v) is 5.43. The summed E-state index contributed by atoms with van der Waals surface area (Å²) in [6.07, 6.45) is 7.12. The van der Waals surface area contributed by atoms with Gasteiger partial charge in [-0.2, -0.15) is 0 Å². The van der Waals surface area contributed by atoms with Crippen LogP contribution in [0.3, 0.4) is 0 Å². The first-order valence-electron chi connectivity index (χ1n) is 8.84. The number of aliphatic carboxylic acids is 1. The molecule has 2 rings (SSSR count). The van der Waals surface area contributed by atoms with Crippen molar-refractivity contribution in [2.45, 2.75) is 64.8 Å². The quantitative estimate of drug-likeness (QED) is 0.760. The lowest BCUT2D eigenvalue weighted by Crippen LogP contribution is -2.41. The van der Waals surface area contributed by atoms with Crippen LogP contribution in [-0.4, -0.2) is 28.0 Å². The van der Waals surface area contributed by atoms with E-state index in [0.29, 0.717) is 18.8 Å². The molecule has 0 saturated heterocycles. The lowest BCUT2D eigenvalue weighted by molar-refractivity contribution is -0.141. The summed E-state index contributed by atoms with van der Waals surface area (Å²) in [7, 11) is 0. The summed E-state index contributed by atoms with van der Waals surface area (Å²) >= 11 is 0. The molecule has 1 heterocycles. The Labute approximate surface area is 143 Å². The smallest absolute Gasteiger partial charge is 0.306 e. The number of aromatic nitrogens is 1. The molecule has 2 N–H and O–H groups in total. The van der Waals surface area contributed by atoms with Gasteiger partial charge >= 0.3 is 5.97 Å². The highest BCUT2D eigenvalue weighted by atomic mass is 16.4. The Morgan fingerprint density at radius 2 is 2.08 bits per heavy atom. The second kappa shape index (κ2) is 8.31. The van der Waals surface area contributed by atoms with Gasteiger partial charge in [0.2, 0.25) is 5.91 Å². The summed E-state index contributed by atoms with van der Waals surface area (Å²) in [5.41, 5.74) is 0. The van der Waals surface area contributed by atoms with Gasteiger partial charge in [-0.3, -0.25) is 9.59 Å². The molecule has 1 fully saturated rings. The van der Waals surface area contributed by atoms with E-state index < -0.39 is 11.9 Å². The Kier molecular flexibility index (Phi) is 6.40. The number of rotatable bonds is 8. The van der Waals surface area contributed by atoms with E-state index in [1.165, 1.54) is 13.3 Å². The molecule has 0 radical (unpaired) electrons. The predicted molar refractivity (Wildman–Crippen MR) is 89.4 cm³/mol. The minimum absolute atomic E-state index is 0.0141. The van der Waals surface area contributed by atoms with E-state index in [-0.39, 0.29) is 23.8 Å². The Balaban J connectivity index is 2.25. The number of amides is 1. The van der Waals surface area contributed by atoms with Crippen LogP contribution < -0.4 is 5.32 Å². The van der Waals surface area contributed by atoms with Crippen LogP contribution in [0.5, 0.6) is 0 Å². The van der Waals surface area contributed by atoms with Crippen LogP contribution in [0.15, 0.2) is 17.0 Å². The Hall–Kier alpha value is -1.85.